The van der Waals surface area contributed by atoms with Gasteiger partial charge >= 0.3 is 6.09 Å². The van der Waals surface area contributed by atoms with Crippen molar-refractivity contribution in [1.29, 1.82) is 0 Å². The molecule has 0 saturated carbocycles. The van der Waals surface area contributed by atoms with E-state index in [1.54, 1.807) is 18.2 Å². The molecule has 2 rings (SSSR count). The number of carbonyl (C=O) groups is 1. The van der Waals surface area contributed by atoms with Gasteiger partial charge in [0.25, 0.3) is 0 Å². The zero-order valence-electron chi connectivity index (χ0n) is 9.42. The number of nitrogens with two attached hydrogens (primary N) is 1. The summed E-state index contributed by atoms with van der Waals surface area (Å²) < 4.78 is 1.10. The van der Waals surface area contributed by atoms with Gasteiger partial charge in [0.2, 0.25) is 0 Å². The summed E-state index contributed by atoms with van der Waals surface area (Å²) >= 11 is 0. The van der Waals surface area contributed by atoms with Crippen LogP contribution >= 0.6 is 0 Å². The van der Waals surface area contributed by atoms with Gasteiger partial charge in [-0.1, -0.05) is 6.07 Å². The minimum absolute atomic E-state index is 0.0816. The minimum atomic E-state index is -1.07. The molecule has 0 spiro atoms. The predicted molar refractivity (Wildman–Crippen MR) is 64.4 cm³/mol. The highest BCUT2D eigenvalue weighted by Gasteiger charge is 2.16. The molecule has 2 aromatic rings. The Morgan fingerprint density at radius 2 is 2.24 bits per heavy atom. The first-order valence-corrected chi connectivity index (χ1v) is 5.31. The van der Waals surface area contributed by atoms with E-state index >= 15 is 0 Å². The quantitative estimate of drug-likeness (QED) is 0.738. The van der Waals surface area contributed by atoms with Gasteiger partial charge in [0, 0.05) is 17.6 Å². The van der Waals surface area contributed by atoms with E-state index in [9.17, 15) is 9.90 Å². The number of phenols is 1. The highest BCUT2D eigenvalue weighted by atomic mass is 16.4. The van der Waals surface area contributed by atoms with E-state index in [4.69, 9.17) is 10.8 Å². The second-order valence-corrected chi connectivity index (χ2v) is 4.16. The number of benzene rings is 1. The molecule has 5 heteroatoms. The molecular weight excluding hydrogens is 220 g/mol. The summed E-state index contributed by atoms with van der Waals surface area (Å²) in [7, 11) is 0. The summed E-state index contributed by atoms with van der Waals surface area (Å²) in [6.45, 7) is 1.84. The zero-order valence-corrected chi connectivity index (χ0v) is 9.42. The fraction of sp³-hybridized carbons (Fsp3) is 0.250. The number of nitrogens with zero attached hydrogens (tertiary/aromatic N) is 1. The summed E-state index contributed by atoms with van der Waals surface area (Å²) in [4.78, 5) is 11.1. The van der Waals surface area contributed by atoms with Crippen molar-refractivity contribution in [3.63, 3.8) is 0 Å². The fourth-order valence-corrected chi connectivity index (χ4v) is 2.01. The SMILES string of the molecule is C[C@@H](N)Cc1cn(C(=O)O)c2cccc(O)c12. The summed E-state index contributed by atoms with van der Waals surface area (Å²) in [5.41, 5.74) is 6.94. The Labute approximate surface area is 98.1 Å². The molecule has 90 valence electrons. The lowest BCUT2D eigenvalue weighted by atomic mass is 10.1. The average molecular weight is 234 g/mol. The second kappa shape index (κ2) is 4.10. The molecule has 0 bridgehead atoms. The first-order valence-electron chi connectivity index (χ1n) is 5.31. The summed E-state index contributed by atoms with van der Waals surface area (Å²) in [6, 6.07) is 4.72. The van der Waals surface area contributed by atoms with Crippen molar-refractivity contribution in [1.82, 2.24) is 4.57 Å². The van der Waals surface area contributed by atoms with Gasteiger partial charge in [-0.15, -0.1) is 0 Å². The van der Waals surface area contributed by atoms with Crippen LogP contribution in [0.3, 0.4) is 0 Å². The Hall–Kier alpha value is -2.01. The van der Waals surface area contributed by atoms with E-state index in [0.717, 1.165) is 10.1 Å². The van der Waals surface area contributed by atoms with Crippen LogP contribution in [0.15, 0.2) is 24.4 Å². The van der Waals surface area contributed by atoms with Crippen LogP contribution in [0, 0.1) is 0 Å². The number of rotatable bonds is 2. The molecule has 1 atom stereocenters. The van der Waals surface area contributed by atoms with Crippen molar-refractivity contribution < 1.29 is 15.0 Å². The molecule has 1 aromatic heterocycles. The molecule has 0 aliphatic rings. The van der Waals surface area contributed by atoms with Crippen LogP contribution in [-0.2, 0) is 6.42 Å². The molecule has 0 unspecified atom stereocenters. The number of fused-ring (bicyclic) bond motifs is 1. The van der Waals surface area contributed by atoms with Crippen LogP contribution in [-0.4, -0.2) is 26.9 Å². The van der Waals surface area contributed by atoms with E-state index in [1.807, 2.05) is 6.92 Å². The Kier molecular flexibility index (Phi) is 2.77. The van der Waals surface area contributed by atoms with Crippen molar-refractivity contribution in [2.24, 2.45) is 5.73 Å². The van der Waals surface area contributed by atoms with Crippen molar-refractivity contribution >= 4 is 17.0 Å². The van der Waals surface area contributed by atoms with E-state index in [-0.39, 0.29) is 11.8 Å². The first-order chi connectivity index (χ1) is 8.00. The first kappa shape index (κ1) is 11.5. The number of carboxylic acid groups (broad SMARTS) is 1. The molecule has 5 nitrogen and oxygen atoms in total. The standard InChI is InChI=1S/C12H14N2O3/c1-7(13)5-8-6-14(12(16)17)9-3-2-4-10(15)11(8)9/h2-4,6-7,15H,5,13H2,1H3,(H,16,17)/t7-/m1/s1. The van der Waals surface area contributed by atoms with Gasteiger partial charge in [-0.3, -0.25) is 4.57 Å². The number of aromatic nitrogens is 1. The maximum absolute atomic E-state index is 11.1. The Morgan fingerprint density at radius 3 is 2.82 bits per heavy atom. The maximum Gasteiger partial charge on any atom is 0.416 e. The van der Waals surface area contributed by atoms with Gasteiger partial charge in [-0.2, -0.15) is 0 Å². The summed E-state index contributed by atoms with van der Waals surface area (Å²) in [5.74, 6) is 0.0816. The van der Waals surface area contributed by atoms with Gasteiger partial charge in [-0.25, -0.2) is 4.79 Å². The van der Waals surface area contributed by atoms with Gasteiger partial charge in [0.05, 0.1) is 5.52 Å². The molecular formula is C12H14N2O3. The van der Waals surface area contributed by atoms with Crippen LogP contribution in [0.1, 0.15) is 12.5 Å². The molecule has 0 aliphatic heterocycles. The number of aromatic hydroxyl groups is 1. The Morgan fingerprint density at radius 1 is 1.53 bits per heavy atom. The lowest BCUT2D eigenvalue weighted by molar-refractivity contribution is 0.197. The topological polar surface area (TPSA) is 88.5 Å². The van der Waals surface area contributed by atoms with Gasteiger partial charge in [0.15, 0.2) is 0 Å². The molecule has 17 heavy (non-hydrogen) atoms. The van der Waals surface area contributed by atoms with Crippen LogP contribution in [0.25, 0.3) is 10.9 Å². The molecule has 0 aliphatic carbocycles. The lowest BCUT2D eigenvalue weighted by Crippen LogP contribution is -2.17. The molecule has 0 radical (unpaired) electrons. The van der Waals surface area contributed by atoms with Gasteiger partial charge < -0.3 is 15.9 Å². The lowest BCUT2D eigenvalue weighted by Gasteiger charge is -2.03. The van der Waals surface area contributed by atoms with Crippen LogP contribution in [0.4, 0.5) is 4.79 Å². The third kappa shape index (κ3) is 1.97. The Bertz CT molecular complexity index is 572. The molecule has 0 amide bonds. The number of hydrogen-bond acceptors (Lipinski definition) is 3. The second-order valence-electron chi connectivity index (χ2n) is 4.16. The molecule has 1 aromatic carbocycles. The van der Waals surface area contributed by atoms with Crippen molar-refractivity contribution in [2.75, 3.05) is 0 Å². The smallest absolute Gasteiger partial charge is 0.416 e. The summed E-state index contributed by atoms with van der Waals surface area (Å²) in [6.07, 6.45) is 0.960. The van der Waals surface area contributed by atoms with Crippen LogP contribution in [0.5, 0.6) is 5.75 Å². The van der Waals surface area contributed by atoms with E-state index in [1.165, 1.54) is 6.20 Å². The van der Waals surface area contributed by atoms with E-state index in [2.05, 4.69) is 0 Å². The van der Waals surface area contributed by atoms with E-state index in [0.29, 0.717) is 17.3 Å². The van der Waals surface area contributed by atoms with Crippen LogP contribution in [0.2, 0.25) is 0 Å². The molecule has 0 fully saturated rings. The van der Waals surface area contributed by atoms with Crippen molar-refractivity contribution in [2.45, 2.75) is 19.4 Å². The Balaban J connectivity index is 2.71. The maximum atomic E-state index is 11.1. The van der Waals surface area contributed by atoms with Gasteiger partial charge in [-0.05, 0) is 31.0 Å². The zero-order chi connectivity index (χ0) is 12.6. The highest BCUT2D eigenvalue weighted by molar-refractivity contribution is 5.95. The largest absolute Gasteiger partial charge is 0.507 e. The molecule has 0 saturated heterocycles. The van der Waals surface area contributed by atoms with E-state index < -0.39 is 6.09 Å². The van der Waals surface area contributed by atoms with Crippen molar-refractivity contribution in [3.8, 4) is 5.75 Å². The minimum Gasteiger partial charge on any atom is -0.507 e. The van der Waals surface area contributed by atoms with Gasteiger partial charge in [0.1, 0.15) is 5.75 Å². The van der Waals surface area contributed by atoms with Crippen LogP contribution < -0.4 is 5.73 Å². The molecule has 1 heterocycles. The number of hydrogen-bond donors (Lipinski definition) is 3. The average Bonchev–Trinajstić information content (AvgIpc) is 2.57. The predicted octanol–water partition coefficient (Wildman–Crippen LogP) is 1.76. The van der Waals surface area contributed by atoms with Crippen molar-refractivity contribution in [3.05, 3.63) is 30.0 Å². The third-order valence-corrected chi connectivity index (χ3v) is 2.63. The monoisotopic (exact) mass is 234 g/mol. The third-order valence-electron chi connectivity index (χ3n) is 2.63. The normalized spacial score (nSPS) is 12.8. The highest BCUT2D eigenvalue weighted by Crippen LogP contribution is 2.30. The number of phenolic OH excluding ortho intramolecular Hbond substituents is 1. The fourth-order valence-electron chi connectivity index (χ4n) is 2.01. The molecule has 4 N–H and O–H groups in total. The summed E-state index contributed by atoms with van der Waals surface area (Å²) in [5, 5.41) is 19.4.